The van der Waals surface area contributed by atoms with E-state index in [2.05, 4.69) is 40.0 Å². The van der Waals surface area contributed by atoms with Crippen molar-refractivity contribution in [3.8, 4) is 0 Å². The van der Waals surface area contributed by atoms with E-state index in [1.54, 1.807) is 13.1 Å². The number of nitrogens with zero attached hydrogens (tertiary/aromatic N) is 1. The molecule has 1 saturated carbocycles. The SMILES string of the molecule is CNC(=O)c1cc(C(=O)N[C@H]2[C@@H]3COC[C@@H]32)cc([C@H](C)c2cccc3c2CCN3)n1. The van der Waals surface area contributed by atoms with Crippen LogP contribution in [0, 0.1) is 11.8 Å². The molecule has 0 spiro atoms. The van der Waals surface area contributed by atoms with Gasteiger partial charge in [-0.15, -0.1) is 0 Å². The number of ether oxygens (including phenoxy) is 1. The number of carbonyl (C=O) groups is 2. The molecule has 1 aromatic heterocycles. The quantitative estimate of drug-likeness (QED) is 0.706. The zero-order valence-corrected chi connectivity index (χ0v) is 17.2. The summed E-state index contributed by atoms with van der Waals surface area (Å²) in [5.41, 5.74) is 5.08. The maximum absolute atomic E-state index is 13.0. The average molecular weight is 406 g/mol. The van der Waals surface area contributed by atoms with Gasteiger partial charge in [-0.1, -0.05) is 19.1 Å². The molecule has 0 unspecified atom stereocenters. The fourth-order valence-electron chi connectivity index (χ4n) is 4.77. The lowest BCUT2D eigenvalue weighted by Crippen LogP contribution is -2.30. The van der Waals surface area contributed by atoms with Gasteiger partial charge in [-0.05, 0) is 35.7 Å². The summed E-state index contributed by atoms with van der Waals surface area (Å²) < 4.78 is 5.41. The molecule has 2 aromatic rings. The molecule has 5 rings (SSSR count). The Morgan fingerprint density at radius 1 is 1.20 bits per heavy atom. The fourth-order valence-corrected chi connectivity index (χ4v) is 4.77. The number of carbonyl (C=O) groups excluding carboxylic acids is 2. The molecule has 3 aliphatic rings. The van der Waals surface area contributed by atoms with E-state index < -0.39 is 0 Å². The van der Waals surface area contributed by atoms with Gasteiger partial charge in [-0.3, -0.25) is 9.59 Å². The number of pyridine rings is 1. The lowest BCUT2D eigenvalue weighted by Gasteiger charge is -2.17. The highest BCUT2D eigenvalue weighted by atomic mass is 16.5. The Morgan fingerprint density at radius 3 is 2.77 bits per heavy atom. The van der Waals surface area contributed by atoms with Crippen molar-refractivity contribution in [2.75, 3.05) is 32.1 Å². The molecular weight excluding hydrogens is 380 g/mol. The first-order valence-corrected chi connectivity index (χ1v) is 10.5. The van der Waals surface area contributed by atoms with Gasteiger partial charge in [0.2, 0.25) is 0 Å². The third-order valence-corrected chi connectivity index (χ3v) is 6.63. The van der Waals surface area contributed by atoms with Gasteiger partial charge in [-0.25, -0.2) is 4.98 Å². The van der Waals surface area contributed by atoms with Crippen molar-refractivity contribution in [1.29, 1.82) is 0 Å². The Morgan fingerprint density at radius 2 is 2.00 bits per heavy atom. The van der Waals surface area contributed by atoms with Gasteiger partial charge in [0, 0.05) is 54.3 Å². The van der Waals surface area contributed by atoms with Crippen LogP contribution in [-0.2, 0) is 11.2 Å². The summed E-state index contributed by atoms with van der Waals surface area (Å²) in [5, 5.41) is 9.14. The third kappa shape index (κ3) is 3.23. The lowest BCUT2D eigenvalue weighted by molar-refractivity contribution is 0.0928. The van der Waals surface area contributed by atoms with E-state index in [1.165, 1.54) is 11.1 Å². The molecule has 7 nitrogen and oxygen atoms in total. The highest BCUT2D eigenvalue weighted by Crippen LogP contribution is 2.44. The van der Waals surface area contributed by atoms with Gasteiger partial charge >= 0.3 is 0 Å². The van der Waals surface area contributed by atoms with Crippen molar-refractivity contribution >= 4 is 17.5 Å². The molecule has 2 amide bonds. The summed E-state index contributed by atoms with van der Waals surface area (Å²) in [5.74, 6) is 0.355. The number of hydrogen-bond donors (Lipinski definition) is 3. The molecule has 0 bridgehead atoms. The standard InChI is InChI=1S/C23H26N4O3/c1-12(14-4-3-5-18-15(14)6-7-25-18)19-8-13(9-20(26-19)23(29)24-2)22(28)27-21-16-10-30-11-17(16)21/h3-5,8-9,12,16-17,21,25H,6-7,10-11H2,1-2H3,(H,24,29)(H,27,28)/t12-,16-,17+,21+/m1/s1. The maximum Gasteiger partial charge on any atom is 0.269 e. The van der Waals surface area contributed by atoms with Crippen molar-refractivity contribution in [2.24, 2.45) is 11.8 Å². The summed E-state index contributed by atoms with van der Waals surface area (Å²) in [6.07, 6.45) is 0.963. The van der Waals surface area contributed by atoms with Crippen molar-refractivity contribution in [3.63, 3.8) is 0 Å². The molecule has 0 radical (unpaired) electrons. The summed E-state index contributed by atoms with van der Waals surface area (Å²) >= 11 is 0. The summed E-state index contributed by atoms with van der Waals surface area (Å²) in [6, 6.07) is 9.80. The molecule has 156 valence electrons. The van der Waals surface area contributed by atoms with E-state index in [9.17, 15) is 9.59 Å². The van der Waals surface area contributed by atoms with E-state index in [0.717, 1.165) is 24.3 Å². The second kappa shape index (κ2) is 7.40. The van der Waals surface area contributed by atoms with Crippen LogP contribution in [0.1, 0.15) is 50.5 Å². The molecular formula is C23H26N4O3. The smallest absolute Gasteiger partial charge is 0.269 e. The second-order valence-electron chi connectivity index (χ2n) is 8.38. The van der Waals surface area contributed by atoms with Crippen LogP contribution < -0.4 is 16.0 Å². The molecule has 2 fully saturated rings. The maximum atomic E-state index is 13.0. The van der Waals surface area contributed by atoms with Crippen LogP contribution in [0.15, 0.2) is 30.3 Å². The van der Waals surface area contributed by atoms with Gasteiger partial charge in [0.05, 0.1) is 13.2 Å². The fraction of sp³-hybridized carbons (Fsp3) is 0.435. The monoisotopic (exact) mass is 406 g/mol. The van der Waals surface area contributed by atoms with Crippen LogP contribution in [0.2, 0.25) is 0 Å². The summed E-state index contributed by atoms with van der Waals surface area (Å²) in [4.78, 5) is 29.9. The van der Waals surface area contributed by atoms with E-state index in [-0.39, 0.29) is 29.5 Å². The molecule has 7 heteroatoms. The third-order valence-electron chi connectivity index (χ3n) is 6.63. The Kier molecular flexibility index (Phi) is 4.70. The topological polar surface area (TPSA) is 92.4 Å². The zero-order valence-electron chi connectivity index (χ0n) is 17.2. The van der Waals surface area contributed by atoms with Crippen LogP contribution in [0.5, 0.6) is 0 Å². The highest BCUT2D eigenvalue weighted by Gasteiger charge is 2.54. The minimum Gasteiger partial charge on any atom is -0.384 e. The number of benzene rings is 1. The average Bonchev–Trinajstić information content (AvgIpc) is 3.16. The first-order chi connectivity index (χ1) is 14.6. The van der Waals surface area contributed by atoms with Gasteiger partial charge in [-0.2, -0.15) is 0 Å². The van der Waals surface area contributed by atoms with Gasteiger partial charge in [0.25, 0.3) is 11.8 Å². The predicted molar refractivity (Wildman–Crippen MR) is 113 cm³/mol. The molecule has 2 aliphatic heterocycles. The van der Waals surface area contributed by atoms with Crippen LogP contribution in [0.3, 0.4) is 0 Å². The Bertz CT molecular complexity index is 1010. The minimum absolute atomic E-state index is 0.0373. The zero-order chi connectivity index (χ0) is 20.8. The number of nitrogens with one attached hydrogen (secondary N) is 3. The van der Waals surface area contributed by atoms with Gasteiger partial charge in [0.1, 0.15) is 5.69 Å². The number of anilines is 1. The van der Waals surface area contributed by atoms with E-state index >= 15 is 0 Å². The van der Waals surface area contributed by atoms with Crippen LogP contribution in [-0.4, -0.2) is 49.6 Å². The molecule has 3 heterocycles. The minimum atomic E-state index is -0.297. The first kappa shape index (κ1) is 19.1. The number of fused-ring (bicyclic) bond motifs is 2. The van der Waals surface area contributed by atoms with Crippen molar-refractivity contribution in [2.45, 2.75) is 25.3 Å². The number of aromatic nitrogens is 1. The Labute approximate surface area is 175 Å². The molecule has 30 heavy (non-hydrogen) atoms. The van der Waals surface area contributed by atoms with Crippen molar-refractivity contribution in [1.82, 2.24) is 15.6 Å². The normalized spacial score (nSPS) is 24.4. The van der Waals surface area contributed by atoms with E-state index in [1.807, 2.05) is 12.1 Å². The van der Waals surface area contributed by atoms with E-state index in [0.29, 0.717) is 30.6 Å². The number of amides is 2. The van der Waals surface area contributed by atoms with Crippen molar-refractivity contribution < 1.29 is 14.3 Å². The van der Waals surface area contributed by atoms with Crippen molar-refractivity contribution in [3.05, 3.63) is 58.4 Å². The lowest BCUT2D eigenvalue weighted by atomic mass is 9.90. The van der Waals surface area contributed by atoms with Crippen LogP contribution in [0.25, 0.3) is 0 Å². The number of hydrogen-bond acceptors (Lipinski definition) is 5. The highest BCUT2D eigenvalue weighted by molar-refractivity contribution is 5.99. The second-order valence-corrected chi connectivity index (χ2v) is 8.38. The molecule has 1 aliphatic carbocycles. The summed E-state index contributed by atoms with van der Waals surface area (Å²) in [6.45, 7) is 4.43. The molecule has 1 aromatic carbocycles. The van der Waals surface area contributed by atoms with Gasteiger partial charge < -0.3 is 20.7 Å². The Balaban J connectivity index is 1.47. The molecule has 1 saturated heterocycles. The summed E-state index contributed by atoms with van der Waals surface area (Å²) in [7, 11) is 1.57. The largest absolute Gasteiger partial charge is 0.384 e. The van der Waals surface area contributed by atoms with Gasteiger partial charge in [0.15, 0.2) is 0 Å². The Hall–Kier alpha value is -2.93. The molecule has 4 atom stereocenters. The number of rotatable bonds is 5. The van der Waals surface area contributed by atoms with Crippen LogP contribution >= 0.6 is 0 Å². The predicted octanol–water partition coefficient (Wildman–Crippen LogP) is 1.94. The van der Waals surface area contributed by atoms with E-state index in [4.69, 9.17) is 4.74 Å². The first-order valence-electron chi connectivity index (χ1n) is 10.5. The molecule has 3 N–H and O–H groups in total. The van der Waals surface area contributed by atoms with Crippen LogP contribution in [0.4, 0.5) is 5.69 Å².